The molecule has 0 bridgehead atoms. The minimum absolute atomic E-state index is 0.178. The molecule has 3 N–H and O–H groups in total. The Hall–Kier alpha value is -1.05. The molecule has 0 saturated heterocycles. The fraction of sp³-hybridized carbons (Fsp3) is 0.500. The van der Waals surface area contributed by atoms with E-state index in [1.165, 1.54) is 6.92 Å². The molecule has 7 heteroatoms. The Morgan fingerprint density at radius 2 is 2.13 bits per heavy atom. The van der Waals surface area contributed by atoms with E-state index in [4.69, 9.17) is 9.66 Å². The first-order chi connectivity index (χ1) is 6.99. The maximum absolute atomic E-state index is 9.56. The molecule has 1 aliphatic rings. The Morgan fingerprint density at radius 3 is 2.47 bits per heavy atom. The zero-order valence-corrected chi connectivity index (χ0v) is 9.20. The fourth-order valence-corrected chi connectivity index (χ4v) is 0.603. The van der Waals surface area contributed by atoms with Crippen LogP contribution in [0.2, 0.25) is 0 Å². The van der Waals surface area contributed by atoms with Crippen molar-refractivity contribution in [3.8, 4) is 0 Å². The van der Waals surface area contributed by atoms with Gasteiger partial charge in [-0.2, -0.15) is 8.42 Å². The molecule has 6 nitrogen and oxygen atoms in total. The molecule has 0 unspecified atom stereocenters. The number of nitrogens with one attached hydrogen (secondary N) is 1. The molecule has 1 rings (SSSR count). The zero-order valence-electron chi connectivity index (χ0n) is 8.38. The van der Waals surface area contributed by atoms with Crippen LogP contribution in [0, 0.1) is 0 Å². The van der Waals surface area contributed by atoms with Crippen molar-refractivity contribution in [3.05, 3.63) is 24.1 Å². The molecule has 0 amide bonds. The summed E-state index contributed by atoms with van der Waals surface area (Å²) >= 11 is 0. The van der Waals surface area contributed by atoms with Crippen molar-refractivity contribution in [1.82, 2.24) is 5.48 Å². The Labute approximate surface area is 89.0 Å². The molecule has 0 fully saturated rings. The van der Waals surface area contributed by atoms with Gasteiger partial charge in [0.15, 0.2) is 0 Å². The average molecular weight is 237 g/mol. The molecule has 0 aromatic carbocycles. The Kier molecular flexibility index (Phi) is 6.76. The summed E-state index contributed by atoms with van der Waals surface area (Å²) in [5.41, 5.74) is 3.60. The van der Waals surface area contributed by atoms with Crippen LogP contribution in [-0.2, 0) is 15.0 Å². The van der Waals surface area contributed by atoms with E-state index < -0.39 is 10.1 Å². The molecule has 0 aliphatic carbocycles. The second-order valence-corrected chi connectivity index (χ2v) is 4.34. The molecule has 15 heavy (non-hydrogen) atoms. The van der Waals surface area contributed by atoms with E-state index in [0.717, 1.165) is 5.57 Å². The van der Waals surface area contributed by atoms with Crippen LogP contribution in [0.3, 0.4) is 0 Å². The SMILES string of the molecule is CCS(=O)(=O)O.OCCC1=CNOC=C1. The standard InChI is InChI=1S/C6H9NO2.C2H6O3S/c8-3-1-6-2-4-9-7-5-6;1-2-6(3,4)5/h2,4-5,7-8H,1,3H2;2H2,1H3,(H,3,4,5). The van der Waals surface area contributed by atoms with Crippen LogP contribution in [0.15, 0.2) is 24.1 Å². The van der Waals surface area contributed by atoms with E-state index in [2.05, 4.69) is 10.3 Å². The highest BCUT2D eigenvalue weighted by atomic mass is 32.2. The number of aliphatic hydroxyl groups excluding tert-OH is 1. The molecule has 1 aliphatic heterocycles. The van der Waals surface area contributed by atoms with E-state index in [9.17, 15) is 8.42 Å². The van der Waals surface area contributed by atoms with Gasteiger partial charge in [-0.05, 0) is 25.0 Å². The van der Waals surface area contributed by atoms with Crippen LogP contribution < -0.4 is 5.48 Å². The average Bonchev–Trinajstić information content (AvgIpc) is 2.20. The van der Waals surface area contributed by atoms with Gasteiger partial charge in [0.1, 0.15) is 6.26 Å². The third-order valence-electron chi connectivity index (χ3n) is 1.43. The molecular formula is C8H15NO5S. The smallest absolute Gasteiger partial charge is 0.264 e. The van der Waals surface area contributed by atoms with E-state index in [0.29, 0.717) is 6.42 Å². The highest BCUT2D eigenvalue weighted by molar-refractivity contribution is 7.85. The van der Waals surface area contributed by atoms with Gasteiger partial charge in [0.05, 0.1) is 5.75 Å². The molecular weight excluding hydrogens is 222 g/mol. The summed E-state index contributed by atoms with van der Waals surface area (Å²) in [4.78, 5) is 4.66. The van der Waals surface area contributed by atoms with E-state index in [-0.39, 0.29) is 12.4 Å². The molecule has 0 aromatic rings. The predicted octanol–water partition coefficient (Wildman–Crippen LogP) is 0.195. The Bertz CT molecular complexity index is 320. The van der Waals surface area contributed by atoms with Crippen molar-refractivity contribution in [2.45, 2.75) is 13.3 Å². The second kappa shape index (κ2) is 7.27. The van der Waals surface area contributed by atoms with Crippen LogP contribution in [0.25, 0.3) is 0 Å². The van der Waals surface area contributed by atoms with Gasteiger partial charge in [-0.3, -0.25) is 4.55 Å². The van der Waals surface area contributed by atoms with Crippen molar-refractivity contribution in [2.24, 2.45) is 0 Å². The number of hydrogen-bond acceptors (Lipinski definition) is 5. The van der Waals surface area contributed by atoms with Gasteiger partial charge >= 0.3 is 0 Å². The highest BCUT2D eigenvalue weighted by Crippen LogP contribution is 2.03. The normalized spacial score (nSPS) is 14.2. The first-order valence-electron chi connectivity index (χ1n) is 4.32. The maximum Gasteiger partial charge on any atom is 0.264 e. The summed E-state index contributed by atoms with van der Waals surface area (Å²) in [5.74, 6) is -0.201. The van der Waals surface area contributed by atoms with Crippen molar-refractivity contribution >= 4 is 10.1 Å². The molecule has 0 saturated carbocycles. The first kappa shape index (κ1) is 13.9. The molecule has 88 valence electrons. The number of hydroxylamine groups is 1. The van der Waals surface area contributed by atoms with Crippen LogP contribution in [0.4, 0.5) is 0 Å². The lowest BCUT2D eigenvalue weighted by molar-refractivity contribution is 0.169. The van der Waals surface area contributed by atoms with Crippen LogP contribution in [0.1, 0.15) is 13.3 Å². The lowest BCUT2D eigenvalue weighted by Crippen LogP contribution is -2.06. The molecule has 0 radical (unpaired) electrons. The molecule has 0 aromatic heterocycles. The van der Waals surface area contributed by atoms with Gasteiger partial charge < -0.3 is 9.94 Å². The molecule has 1 heterocycles. The Balaban J connectivity index is 0.000000288. The summed E-state index contributed by atoms with van der Waals surface area (Å²) in [6, 6.07) is 0. The fourth-order valence-electron chi connectivity index (χ4n) is 0.603. The van der Waals surface area contributed by atoms with Crippen molar-refractivity contribution in [1.29, 1.82) is 0 Å². The molecule has 0 atom stereocenters. The van der Waals surface area contributed by atoms with E-state index in [1.54, 1.807) is 12.5 Å². The quantitative estimate of drug-likeness (QED) is 0.607. The summed E-state index contributed by atoms with van der Waals surface area (Å²) in [6.45, 7) is 1.55. The van der Waals surface area contributed by atoms with Gasteiger partial charge in [0.2, 0.25) is 0 Å². The lowest BCUT2D eigenvalue weighted by Gasteiger charge is -2.06. The summed E-state index contributed by atoms with van der Waals surface area (Å²) < 4.78 is 26.9. The first-order valence-corrected chi connectivity index (χ1v) is 5.93. The minimum Gasteiger partial charge on any atom is -0.396 e. The monoisotopic (exact) mass is 237 g/mol. The van der Waals surface area contributed by atoms with Crippen LogP contribution >= 0.6 is 0 Å². The van der Waals surface area contributed by atoms with Gasteiger partial charge in [-0.15, -0.1) is 0 Å². The number of aliphatic hydroxyl groups is 1. The van der Waals surface area contributed by atoms with Crippen molar-refractivity contribution < 1.29 is 22.9 Å². The number of hydrogen-bond donors (Lipinski definition) is 3. The summed E-state index contributed by atoms with van der Waals surface area (Å²) in [6.07, 6.45) is 5.75. The Morgan fingerprint density at radius 1 is 1.53 bits per heavy atom. The van der Waals surface area contributed by atoms with Crippen molar-refractivity contribution in [3.63, 3.8) is 0 Å². The lowest BCUT2D eigenvalue weighted by atomic mass is 10.2. The number of rotatable bonds is 3. The maximum atomic E-state index is 9.56. The van der Waals surface area contributed by atoms with Gasteiger partial charge in [0.25, 0.3) is 10.1 Å². The third kappa shape index (κ3) is 9.26. The summed E-state index contributed by atoms with van der Waals surface area (Å²) in [5, 5.41) is 8.48. The van der Waals surface area contributed by atoms with Gasteiger partial charge in [-0.1, -0.05) is 0 Å². The predicted molar refractivity (Wildman–Crippen MR) is 55.2 cm³/mol. The van der Waals surface area contributed by atoms with Gasteiger partial charge in [0, 0.05) is 12.8 Å². The van der Waals surface area contributed by atoms with Crippen LogP contribution in [-0.4, -0.2) is 30.4 Å². The highest BCUT2D eigenvalue weighted by Gasteiger charge is 1.94. The van der Waals surface area contributed by atoms with Crippen LogP contribution in [0.5, 0.6) is 0 Å². The second-order valence-electron chi connectivity index (χ2n) is 2.60. The third-order valence-corrected chi connectivity index (χ3v) is 2.16. The van der Waals surface area contributed by atoms with Crippen molar-refractivity contribution in [2.75, 3.05) is 12.4 Å². The number of allylic oxidation sites excluding steroid dienone is 1. The summed E-state index contributed by atoms with van der Waals surface area (Å²) in [7, 11) is -3.66. The largest absolute Gasteiger partial charge is 0.396 e. The topological polar surface area (TPSA) is 95.9 Å². The van der Waals surface area contributed by atoms with E-state index in [1.807, 2.05) is 6.08 Å². The minimum atomic E-state index is -3.66. The molecule has 0 spiro atoms. The zero-order chi connectivity index (χ0) is 11.7. The van der Waals surface area contributed by atoms with Gasteiger partial charge in [-0.25, -0.2) is 5.48 Å². The van der Waals surface area contributed by atoms with E-state index >= 15 is 0 Å².